The summed E-state index contributed by atoms with van der Waals surface area (Å²) in [7, 11) is 3.92. The van der Waals surface area contributed by atoms with Crippen molar-refractivity contribution in [1.82, 2.24) is 19.8 Å². The third-order valence-electron chi connectivity index (χ3n) is 2.25. The number of rotatable bonds is 7. The van der Waals surface area contributed by atoms with E-state index in [0.717, 1.165) is 12.2 Å². The summed E-state index contributed by atoms with van der Waals surface area (Å²) < 4.78 is 0. The third kappa shape index (κ3) is 5.94. The van der Waals surface area contributed by atoms with Crippen molar-refractivity contribution >= 4 is 5.97 Å². The third-order valence-corrected chi connectivity index (χ3v) is 2.25. The van der Waals surface area contributed by atoms with Crippen LogP contribution in [0.2, 0.25) is 0 Å². The average Bonchev–Trinajstić information content (AvgIpc) is 2.26. The molecular weight excluding hydrogens is 220 g/mol. The van der Waals surface area contributed by atoms with Crippen molar-refractivity contribution < 1.29 is 9.90 Å². The smallest absolute Gasteiger partial charge is 0.317 e. The molecule has 1 aromatic rings. The van der Waals surface area contributed by atoms with E-state index in [1.807, 2.05) is 23.9 Å². The zero-order valence-corrected chi connectivity index (χ0v) is 10.2. The molecule has 0 radical (unpaired) electrons. The van der Waals surface area contributed by atoms with Gasteiger partial charge in [0.05, 0.1) is 12.2 Å². The number of aromatic nitrogens is 2. The minimum Gasteiger partial charge on any atom is -0.480 e. The maximum Gasteiger partial charge on any atom is 0.317 e. The lowest BCUT2D eigenvalue weighted by atomic mass is 10.3. The zero-order chi connectivity index (χ0) is 12.7. The summed E-state index contributed by atoms with van der Waals surface area (Å²) in [6.07, 6.45) is 3.13. The molecule has 1 rings (SSSR count). The molecular formula is C11H18N4O2. The van der Waals surface area contributed by atoms with Crippen molar-refractivity contribution in [1.29, 1.82) is 0 Å². The summed E-state index contributed by atoms with van der Waals surface area (Å²) >= 11 is 0. The van der Waals surface area contributed by atoms with Crippen molar-refractivity contribution in [3.63, 3.8) is 0 Å². The first-order valence-electron chi connectivity index (χ1n) is 5.41. The lowest BCUT2D eigenvalue weighted by Crippen LogP contribution is -2.35. The van der Waals surface area contributed by atoms with E-state index in [1.165, 1.54) is 6.33 Å². The number of hydrogen-bond acceptors (Lipinski definition) is 5. The van der Waals surface area contributed by atoms with Crippen molar-refractivity contribution in [2.24, 2.45) is 0 Å². The fourth-order valence-electron chi connectivity index (χ4n) is 1.39. The van der Waals surface area contributed by atoms with Gasteiger partial charge in [0.15, 0.2) is 0 Å². The maximum absolute atomic E-state index is 10.8. The van der Waals surface area contributed by atoms with E-state index in [4.69, 9.17) is 5.11 Å². The Morgan fingerprint density at radius 1 is 1.41 bits per heavy atom. The highest BCUT2D eigenvalue weighted by molar-refractivity contribution is 5.69. The number of aliphatic carboxylic acids is 1. The molecule has 0 bridgehead atoms. The maximum atomic E-state index is 10.8. The van der Waals surface area contributed by atoms with Gasteiger partial charge in [-0.2, -0.15) is 0 Å². The summed E-state index contributed by atoms with van der Waals surface area (Å²) in [5, 5.41) is 8.84. The topological polar surface area (TPSA) is 69.6 Å². The predicted molar refractivity (Wildman–Crippen MR) is 63.5 cm³/mol. The molecule has 0 spiro atoms. The number of carboxylic acid groups (broad SMARTS) is 1. The Labute approximate surface area is 101 Å². The van der Waals surface area contributed by atoms with Crippen LogP contribution in [0.4, 0.5) is 0 Å². The Morgan fingerprint density at radius 2 is 2.18 bits per heavy atom. The fourth-order valence-corrected chi connectivity index (χ4v) is 1.39. The van der Waals surface area contributed by atoms with Crippen LogP contribution in [0, 0.1) is 0 Å². The second-order valence-electron chi connectivity index (χ2n) is 4.11. The molecule has 0 unspecified atom stereocenters. The Morgan fingerprint density at radius 3 is 2.71 bits per heavy atom. The van der Waals surface area contributed by atoms with Crippen molar-refractivity contribution in [3.8, 4) is 0 Å². The molecule has 0 saturated heterocycles. The van der Waals surface area contributed by atoms with Crippen LogP contribution in [0.15, 0.2) is 18.6 Å². The summed E-state index contributed by atoms with van der Waals surface area (Å²) in [6, 6.07) is 1.80. The van der Waals surface area contributed by atoms with Gasteiger partial charge in [0, 0.05) is 25.8 Å². The van der Waals surface area contributed by atoms with Gasteiger partial charge in [-0.25, -0.2) is 9.97 Å². The van der Waals surface area contributed by atoms with E-state index in [-0.39, 0.29) is 6.54 Å². The van der Waals surface area contributed by atoms with Crippen LogP contribution in [0.3, 0.4) is 0 Å². The lowest BCUT2D eigenvalue weighted by Gasteiger charge is -2.21. The summed E-state index contributed by atoms with van der Waals surface area (Å²) in [5.74, 6) is -0.821. The van der Waals surface area contributed by atoms with Crippen LogP contribution in [-0.2, 0) is 11.3 Å². The van der Waals surface area contributed by atoms with Crippen LogP contribution in [0.25, 0.3) is 0 Å². The summed E-state index contributed by atoms with van der Waals surface area (Å²) in [5.41, 5.74) is 0.833. The predicted octanol–water partition coefficient (Wildman–Crippen LogP) is -0.0752. The molecule has 1 heterocycles. The Kier molecular flexibility index (Phi) is 5.51. The highest BCUT2D eigenvalue weighted by Gasteiger charge is 2.11. The van der Waals surface area contributed by atoms with Crippen molar-refractivity contribution in [3.05, 3.63) is 24.3 Å². The van der Waals surface area contributed by atoms with Gasteiger partial charge in [0.25, 0.3) is 0 Å². The molecule has 17 heavy (non-hydrogen) atoms. The van der Waals surface area contributed by atoms with Crippen LogP contribution in [0.1, 0.15) is 5.69 Å². The van der Waals surface area contributed by atoms with Gasteiger partial charge >= 0.3 is 5.97 Å². The number of carboxylic acids is 1. The molecule has 1 N–H and O–H groups in total. The highest BCUT2D eigenvalue weighted by Crippen LogP contribution is 2.00. The fraction of sp³-hybridized carbons (Fsp3) is 0.545. The first-order valence-corrected chi connectivity index (χ1v) is 5.41. The van der Waals surface area contributed by atoms with Crippen LogP contribution >= 0.6 is 0 Å². The Balaban J connectivity index is 2.54. The van der Waals surface area contributed by atoms with Gasteiger partial charge in [0.2, 0.25) is 0 Å². The molecule has 0 fully saturated rings. The average molecular weight is 238 g/mol. The van der Waals surface area contributed by atoms with E-state index in [0.29, 0.717) is 13.1 Å². The summed E-state index contributed by atoms with van der Waals surface area (Å²) in [6.45, 7) is 2.07. The van der Waals surface area contributed by atoms with Crippen LogP contribution in [-0.4, -0.2) is 64.6 Å². The largest absolute Gasteiger partial charge is 0.480 e. The molecule has 0 aliphatic heterocycles. The first-order chi connectivity index (χ1) is 8.08. The molecule has 0 atom stereocenters. The molecule has 0 amide bonds. The van der Waals surface area contributed by atoms with Gasteiger partial charge in [-0.05, 0) is 20.2 Å². The summed E-state index contributed by atoms with van der Waals surface area (Å²) in [4.78, 5) is 22.6. The highest BCUT2D eigenvalue weighted by atomic mass is 16.4. The van der Waals surface area contributed by atoms with E-state index < -0.39 is 5.97 Å². The van der Waals surface area contributed by atoms with Crippen molar-refractivity contribution in [2.75, 3.05) is 33.7 Å². The Bertz CT molecular complexity index is 343. The molecule has 0 saturated carbocycles. The molecule has 0 aromatic carbocycles. The Hall–Kier alpha value is -1.53. The normalized spacial score (nSPS) is 11.1. The van der Waals surface area contributed by atoms with E-state index >= 15 is 0 Å². The monoisotopic (exact) mass is 238 g/mol. The second-order valence-corrected chi connectivity index (χ2v) is 4.11. The van der Waals surface area contributed by atoms with Crippen LogP contribution < -0.4 is 0 Å². The standard InChI is InChI=1S/C11H18N4O2/c1-14(2)5-6-15(8-11(16)17)7-10-3-4-12-9-13-10/h3-4,9H,5-8H2,1-2H3,(H,16,17). The van der Waals surface area contributed by atoms with Gasteiger partial charge in [-0.3, -0.25) is 9.69 Å². The molecule has 0 aliphatic rings. The number of carbonyl (C=O) groups is 1. The molecule has 6 heteroatoms. The van der Waals surface area contributed by atoms with Gasteiger partial charge in [0.1, 0.15) is 6.33 Å². The van der Waals surface area contributed by atoms with E-state index in [9.17, 15) is 4.79 Å². The minimum absolute atomic E-state index is 0.0256. The van der Waals surface area contributed by atoms with Gasteiger partial charge in [-0.15, -0.1) is 0 Å². The quantitative estimate of drug-likeness (QED) is 0.717. The van der Waals surface area contributed by atoms with Crippen molar-refractivity contribution in [2.45, 2.75) is 6.54 Å². The van der Waals surface area contributed by atoms with E-state index in [2.05, 4.69) is 9.97 Å². The number of hydrogen-bond donors (Lipinski definition) is 1. The molecule has 0 aliphatic carbocycles. The zero-order valence-electron chi connectivity index (χ0n) is 10.2. The lowest BCUT2D eigenvalue weighted by molar-refractivity contribution is -0.138. The van der Waals surface area contributed by atoms with Gasteiger partial charge < -0.3 is 10.0 Å². The second kappa shape index (κ2) is 6.93. The van der Waals surface area contributed by atoms with Crippen LogP contribution in [0.5, 0.6) is 0 Å². The molecule has 94 valence electrons. The minimum atomic E-state index is -0.821. The number of nitrogens with zero attached hydrogens (tertiary/aromatic N) is 4. The SMILES string of the molecule is CN(C)CCN(CC(=O)O)Cc1ccncn1. The molecule has 1 aromatic heterocycles. The van der Waals surface area contributed by atoms with E-state index in [1.54, 1.807) is 12.3 Å². The van der Waals surface area contributed by atoms with Gasteiger partial charge in [-0.1, -0.05) is 0 Å². The number of likely N-dealkylation sites (N-methyl/N-ethyl adjacent to an activating group) is 1. The first kappa shape index (κ1) is 13.5. The molecule has 6 nitrogen and oxygen atoms in total.